The van der Waals surface area contributed by atoms with Crippen LogP contribution in [-0.4, -0.2) is 71.4 Å². The van der Waals surface area contributed by atoms with E-state index in [1.165, 1.54) is 25.9 Å². The van der Waals surface area contributed by atoms with Gasteiger partial charge in [-0.15, -0.1) is 13.2 Å². The second-order valence-electron chi connectivity index (χ2n) is 9.54. The van der Waals surface area contributed by atoms with E-state index >= 15 is 0 Å². The van der Waals surface area contributed by atoms with E-state index < -0.39 is 0 Å². The zero-order chi connectivity index (χ0) is 28.7. The van der Waals surface area contributed by atoms with Crippen molar-refractivity contribution in [1.82, 2.24) is 26.2 Å². The van der Waals surface area contributed by atoms with Crippen molar-refractivity contribution in [2.45, 2.75) is 38.3 Å². The molecule has 1 heterocycles. The third kappa shape index (κ3) is 15.1. The molecule has 0 aliphatic carbocycles. The van der Waals surface area contributed by atoms with Gasteiger partial charge in [-0.1, -0.05) is 67.3 Å². The van der Waals surface area contributed by atoms with Gasteiger partial charge in [-0.25, -0.2) is 0 Å². The van der Waals surface area contributed by atoms with Gasteiger partial charge in [0.25, 0.3) is 0 Å². The Hall–Kier alpha value is -3.14. The minimum atomic E-state index is 0.195. The Morgan fingerprint density at radius 3 is 2.08 bits per heavy atom. The van der Waals surface area contributed by atoms with Crippen molar-refractivity contribution in [3.63, 3.8) is 0 Å². The zero-order valence-electron chi connectivity index (χ0n) is 24.9. The summed E-state index contributed by atoms with van der Waals surface area (Å²) >= 11 is 0. The Morgan fingerprint density at radius 2 is 1.56 bits per heavy atom. The predicted molar refractivity (Wildman–Crippen MR) is 172 cm³/mol. The van der Waals surface area contributed by atoms with Crippen LogP contribution in [0.4, 0.5) is 0 Å². The molecular weight excluding hydrogens is 478 g/mol. The Labute approximate surface area is 238 Å². The molecule has 1 fully saturated rings. The van der Waals surface area contributed by atoms with Crippen LogP contribution in [-0.2, 0) is 0 Å². The molecule has 0 aromatic heterocycles. The highest BCUT2D eigenvalue weighted by molar-refractivity contribution is 5.65. The summed E-state index contributed by atoms with van der Waals surface area (Å²) < 4.78 is 0. The summed E-state index contributed by atoms with van der Waals surface area (Å²) in [6, 6.07) is 19.3. The van der Waals surface area contributed by atoms with Gasteiger partial charge in [0.05, 0.1) is 6.04 Å². The lowest BCUT2D eigenvalue weighted by atomic mass is 10.1. The topological polar surface area (TPSA) is 51.4 Å². The number of likely N-dealkylation sites (tertiary alicyclic amines) is 1. The number of benzene rings is 2. The fourth-order valence-electron chi connectivity index (χ4n) is 3.94. The first-order valence-electron chi connectivity index (χ1n) is 14.0. The molecule has 0 radical (unpaired) electrons. The number of allylic oxidation sites excluding steroid dienone is 1. The molecule has 0 amide bonds. The highest BCUT2D eigenvalue weighted by Crippen LogP contribution is 2.15. The number of rotatable bonds is 10. The average Bonchev–Trinajstić information content (AvgIpc) is 2.97. The Bertz CT molecular complexity index is 993. The summed E-state index contributed by atoms with van der Waals surface area (Å²) in [6.07, 6.45) is 9.60. The lowest BCUT2D eigenvalue weighted by Crippen LogP contribution is -2.40. The Kier molecular flexibility index (Phi) is 18.9. The molecule has 3 rings (SSSR count). The first-order chi connectivity index (χ1) is 19.0. The van der Waals surface area contributed by atoms with Gasteiger partial charge in [0.15, 0.2) is 0 Å². The van der Waals surface area contributed by atoms with Crippen LogP contribution in [0.25, 0.3) is 5.70 Å². The molecule has 1 aliphatic heterocycles. The van der Waals surface area contributed by atoms with Gasteiger partial charge in [-0.2, -0.15) is 0 Å². The largest absolute Gasteiger partial charge is 0.377 e. The normalized spacial score (nSPS) is 14.3. The molecule has 1 unspecified atom stereocenters. The third-order valence-corrected chi connectivity index (χ3v) is 6.05. The van der Waals surface area contributed by atoms with Gasteiger partial charge in [-0.05, 0) is 90.4 Å². The number of hydrogen-bond acceptors (Lipinski definition) is 5. The molecule has 0 spiro atoms. The molecule has 5 nitrogen and oxygen atoms in total. The van der Waals surface area contributed by atoms with Crippen molar-refractivity contribution >= 4 is 5.70 Å². The van der Waals surface area contributed by atoms with Crippen LogP contribution >= 0.6 is 0 Å². The molecule has 4 N–H and O–H groups in total. The van der Waals surface area contributed by atoms with E-state index in [0.29, 0.717) is 0 Å². The minimum Gasteiger partial charge on any atom is -0.377 e. The number of likely N-dealkylation sites (N-methyl/N-ethyl adjacent to an activating group) is 1. The fourth-order valence-corrected chi connectivity index (χ4v) is 3.94. The second kappa shape index (κ2) is 21.8. The molecule has 212 valence electrons. The molecular formula is C34H51N5. The minimum absolute atomic E-state index is 0.195. The summed E-state index contributed by atoms with van der Waals surface area (Å²) in [6.45, 7) is 14.0. The monoisotopic (exact) mass is 529 g/mol. The van der Waals surface area contributed by atoms with Gasteiger partial charge in [0.1, 0.15) is 0 Å². The van der Waals surface area contributed by atoms with E-state index in [9.17, 15) is 0 Å². The molecule has 0 bridgehead atoms. The summed E-state index contributed by atoms with van der Waals surface area (Å²) in [5.41, 5.74) is 4.33. The van der Waals surface area contributed by atoms with E-state index in [1.54, 1.807) is 0 Å². The second-order valence-corrected chi connectivity index (χ2v) is 9.54. The first-order valence-corrected chi connectivity index (χ1v) is 14.0. The van der Waals surface area contributed by atoms with E-state index in [1.807, 2.05) is 63.6 Å². The fraction of sp³-hybridized carbons (Fsp3) is 0.412. The highest BCUT2D eigenvalue weighted by atomic mass is 15.1. The summed E-state index contributed by atoms with van der Waals surface area (Å²) in [5, 5.41) is 12.9. The number of nitrogens with zero attached hydrogens (tertiary/aromatic N) is 1. The van der Waals surface area contributed by atoms with Crippen molar-refractivity contribution < 1.29 is 0 Å². The van der Waals surface area contributed by atoms with Gasteiger partial charge >= 0.3 is 0 Å². The van der Waals surface area contributed by atoms with Crippen LogP contribution in [0.3, 0.4) is 0 Å². The van der Waals surface area contributed by atoms with Crippen LogP contribution in [0, 0.1) is 11.8 Å². The van der Waals surface area contributed by atoms with Crippen molar-refractivity contribution in [2.75, 3.05) is 54.4 Å². The number of hydrogen-bond donors (Lipinski definition) is 4. The molecule has 39 heavy (non-hydrogen) atoms. The van der Waals surface area contributed by atoms with E-state index in [2.05, 4.69) is 95.5 Å². The molecule has 1 aliphatic rings. The van der Waals surface area contributed by atoms with Gasteiger partial charge in [0.2, 0.25) is 0 Å². The third-order valence-electron chi connectivity index (χ3n) is 6.05. The molecule has 1 saturated heterocycles. The number of piperidine rings is 1. The molecule has 0 saturated carbocycles. The van der Waals surface area contributed by atoms with E-state index in [4.69, 9.17) is 0 Å². The van der Waals surface area contributed by atoms with Crippen molar-refractivity contribution in [3.05, 3.63) is 103 Å². The Morgan fingerprint density at radius 1 is 0.974 bits per heavy atom. The molecule has 2 aromatic rings. The quantitative estimate of drug-likeness (QED) is 0.261. The van der Waals surface area contributed by atoms with Gasteiger partial charge < -0.3 is 26.2 Å². The predicted octanol–water partition coefficient (Wildman–Crippen LogP) is 4.89. The maximum atomic E-state index is 3.91. The van der Waals surface area contributed by atoms with E-state index in [-0.39, 0.29) is 6.04 Å². The molecule has 2 aromatic carbocycles. The highest BCUT2D eigenvalue weighted by Gasteiger charge is 2.14. The molecule has 5 heteroatoms. The van der Waals surface area contributed by atoms with E-state index in [0.717, 1.165) is 47.9 Å². The lowest BCUT2D eigenvalue weighted by Gasteiger charge is -2.29. The van der Waals surface area contributed by atoms with Crippen LogP contribution in [0.5, 0.6) is 0 Å². The zero-order valence-corrected chi connectivity index (χ0v) is 24.9. The average molecular weight is 530 g/mol. The van der Waals surface area contributed by atoms with Crippen molar-refractivity contribution in [1.29, 1.82) is 0 Å². The summed E-state index contributed by atoms with van der Waals surface area (Å²) in [7, 11) is 7.88. The maximum Gasteiger partial charge on any atom is 0.0566 e. The summed E-state index contributed by atoms with van der Waals surface area (Å²) in [5.74, 6) is 6.41. The van der Waals surface area contributed by atoms with Crippen molar-refractivity contribution in [2.24, 2.45) is 0 Å². The van der Waals surface area contributed by atoms with Gasteiger partial charge in [0, 0.05) is 36.0 Å². The van der Waals surface area contributed by atoms with Gasteiger partial charge in [-0.3, -0.25) is 0 Å². The molecule has 1 atom stereocenters. The Balaban J connectivity index is 0.000000450. The maximum absolute atomic E-state index is 3.91. The smallest absolute Gasteiger partial charge is 0.0566 e. The van der Waals surface area contributed by atoms with Crippen LogP contribution in [0.2, 0.25) is 0 Å². The lowest BCUT2D eigenvalue weighted by molar-refractivity contribution is 0.238. The van der Waals surface area contributed by atoms with Crippen LogP contribution < -0.4 is 21.3 Å². The standard InChI is InChI=1S/C23H26N2.C9H18N2.C2H7N/c1-4-9-23(25-22(5-2)18-24-3)21-16-14-20(15-17-21)13-12-19-10-7-6-8-11-19;1-3-6-10-9-4-7-11(2)8-5-9;1-3-2/h5-11,14-17,22,24-25H,2,4,18H2,1,3H3;3,9-10H,1,4-8H2,2H3;3H,1-2H3/b23-9+;;. The van der Waals surface area contributed by atoms with Crippen LogP contribution in [0.1, 0.15) is 42.9 Å². The summed E-state index contributed by atoms with van der Waals surface area (Å²) in [4.78, 5) is 2.38. The van der Waals surface area contributed by atoms with Crippen LogP contribution in [0.15, 0.2) is 86.0 Å². The first kappa shape index (κ1) is 33.9. The SMILES string of the molecule is C=CC(CNC)N/C(=C/CC)c1ccc(C#Cc2ccccc2)cc1.C=CCNC1CCN(C)CC1.CNC. The van der Waals surface area contributed by atoms with Crippen molar-refractivity contribution in [3.8, 4) is 11.8 Å². The number of nitrogens with one attached hydrogen (secondary N) is 4.